The number of fused-ring (bicyclic) bond motifs is 3. The van der Waals surface area contributed by atoms with Crippen molar-refractivity contribution in [1.29, 1.82) is 0 Å². The number of carbonyl (C=O) groups excluding carboxylic acids is 1. The highest BCUT2D eigenvalue weighted by Gasteiger charge is 2.29. The van der Waals surface area contributed by atoms with Gasteiger partial charge in [-0.05, 0) is 49.4 Å². The molecule has 1 amide bonds. The van der Waals surface area contributed by atoms with E-state index in [9.17, 15) is 9.18 Å². The second-order valence-corrected chi connectivity index (χ2v) is 6.26. The van der Waals surface area contributed by atoms with Gasteiger partial charge in [-0.15, -0.1) is 0 Å². The van der Waals surface area contributed by atoms with Crippen LogP contribution in [-0.4, -0.2) is 23.6 Å². The third kappa shape index (κ3) is 2.98. The molecule has 3 N–H and O–H groups in total. The second kappa shape index (κ2) is 6.71. The zero-order valence-electron chi connectivity index (χ0n) is 13.6. The van der Waals surface area contributed by atoms with Crippen molar-refractivity contribution in [2.24, 2.45) is 11.7 Å². The number of hydrogen-bond donors (Lipinski definition) is 2. The number of benzene rings is 1. The Balaban J connectivity index is 1.98. The average molecular weight is 317 g/mol. The van der Waals surface area contributed by atoms with Crippen molar-refractivity contribution in [2.75, 3.05) is 13.1 Å². The van der Waals surface area contributed by atoms with Crippen LogP contribution in [0.3, 0.4) is 0 Å². The standard InChI is InChI=1S/C18H24FN3O/c1-2-9-22-16-5-3-12(18(23)21-8-7-20)10-14(16)15-11-13(19)4-6-17(15)22/h4,6,11-12H,2-3,5,7-10,20H2,1H3,(H,21,23). The lowest BCUT2D eigenvalue weighted by molar-refractivity contribution is -0.125. The zero-order chi connectivity index (χ0) is 16.4. The van der Waals surface area contributed by atoms with Crippen molar-refractivity contribution in [2.45, 2.75) is 39.2 Å². The Morgan fingerprint density at radius 2 is 2.30 bits per heavy atom. The fourth-order valence-corrected chi connectivity index (χ4v) is 3.66. The van der Waals surface area contributed by atoms with Crippen LogP contribution in [0.25, 0.3) is 10.9 Å². The zero-order valence-corrected chi connectivity index (χ0v) is 13.6. The number of halogens is 1. The van der Waals surface area contributed by atoms with Gasteiger partial charge in [-0.3, -0.25) is 4.79 Å². The Morgan fingerprint density at radius 1 is 1.48 bits per heavy atom. The Bertz CT molecular complexity index is 723. The highest BCUT2D eigenvalue weighted by Crippen LogP contribution is 2.35. The minimum Gasteiger partial charge on any atom is -0.355 e. The first-order valence-corrected chi connectivity index (χ1v) is 8.43. The summed E-state index contributed by atoms with van der Waals surface area (Å²) in [6.07, 6.45) is 3.43. The third-order valence-electron chi connectivity index (χ3n) is 4.69. The summed E-state index contributed by atoms with van der Waals surface area (Å²) in [5.74, 6) is -0.199. The Labute approximate surface area is 135 Å². The molecule has 0 spiro atoms. The smallest absolute Gasteiger partial charge is 0.223 e. The van der Waals surface area contributed by atoms with E-state index in [1.54, 1.807) is 6.07 Å². The molecular formula is C18H24FN3O. The summed E-state index contributed by atoms with van der Waals surface area (Å²) in [5, 5.41) is 3.84. The highest BCUT2D eigenvalue weighted by molar-refractivity contribution is 5.87. The number of hydrogen-bond acceptors (Lipinski definition) is 2. The van der Waals surface area contributed by atoms with E-state index in [0.717, 1.165) is 42.3 Å². The van der Waals surface area contributed by atoms with Crippen LogP contribution in [0.1, 0.15) is 31.0 Å². The van der Waals surface area contributed by atoms with Crippen molar-refractivity contribution in [3.63, 3.8) is 0 Å². The fraction of sp³-hybridized carbons (Fsp3) is 0.500. The average Bonchev–Trinajstić information content (AvgIpc) is 2.86. The molecule has 1 aromatic carbocycles. The van der Waals surface area contributed by atoms with E-state index in [4.69, 9.17) is 5.73 Å². The van der Waals surface area contributed by atoms with Crippen LogP contribution >= 0.6 is 0 Å². The number of rotatable bonds is 5. The van der Waals surface area contributed by atoms with Gasteiger partial charge in [-0.2, -0.15) is 0 Å². The predicted octanol–water partition coefficient (Wildman–Crippen LogP) is 2.37. The van der Waals surface area contributed by atoms with Crippen LogP contribution in [0.2, 0.25) is 0 Å². The summed E-state index contributed by atoms with van der Waals surface area (Å²) >= 11 is 0. The molecule has 1 aromatic heterocycles. The largest absolute Gasteiger partial charge is 0.355 e. The first-order chi connectivity index (χ1) is 11.2. The van der Waals surface area contributed by atoms with Gasteiger partial charge in [0.25, 0.3) is 0 Å². The van der Waals surface area contributed by atoms with Crippen molar-refractivity contribution in [3.05, 3.63) is 35.3 Å². The van der Waals surface area contributed by atoms with Crippen LogP contribution in [-0.2, 0) is 24.2 Å². The number of aryl methyl sites for hydroxylation is 1. The van der Waals surface area contributed by atoms with E-state index >= 15 is 0 Å². The Kier molecular flexibility index (Phi) is 4.66. The molecule has 0 fully saturated rings. The van der Waals surface area contributed by atoms with Crippen LogP contribution < -0.4 is 11.1 Å². The molecule has 0 bridgehead atoms. The second-order valence-electron chi connectivity index (χ2n) is 6.26. The van der Waals surface area contributed by atoms with Crippen LogP contribution in [0.5, 0.6) is 0 Å². The van der Waals surface area contributed by atoms with E-state index in [1.165, 1.54) is 11.8 Å². The summed E-state index contributed by atoms with van der Waals surface area (Å²) < 4.78 is 16.0. The Hall–Kier alpha value is -1.88. The quantitative estimate of drug-likeness (QED) is 0.889. The molecule has 0 saturated heterocycles. The summed E-state index contributed by atoms with van der Waals surface area (Å²) in [6.45, 7) is 4.04. The van der Waals surface area contributed by atoms with Gasteiger partial charge in [0, 0.05) is 42.1 Å². The molecule has 0 radical (unpaired) electrons. The van der Waals surface area contributed by atoms with Crippen LogP contribution in [0.15, 0.2) is 18.2 Å². The number of nitrogens with one attached hydrogen (secondary N) is 1. The minimum absolute atomic E-state index is 0.0435. The lowest BCUT2D eigenvalue weighted by Crippen LogP contribution is -2.36. The van der Waals surface area contributed by atoms with E-state index in [1.807, 2.05) is 6.07 Å². The summed E-state index contributed by atoms with van der Waals surface area (Å²) in [7, 11) is 0. The molecule has 1 aliphatic rings. The monoisotopic (exact) mass is 317 g/mol. The van der Waals surface area contributed by atoms with Gasteiger partial charge in [-0.25, -0.2) is 4.39 Å². The van der Waals surface area contributed by atoms with Gasteiger partial charge in [-0.1, -0.05) is 6.92 Å². The summed E-state index contributed by atoms with van der Waals surface area (Å²) in [5.41, 5.74) is 8.95. The molecule has 1 atom stereocenters. The lowest BCUT2D eigenvalue weighted by Gasteiger charge is -2.23. The summed E-state index contributed by atoms with van der Waals surface area (Å²) in [4.78, 5) is 12.3. The fourth-order valence-electron chi connectivity index (χ4n) is 3.66. The van der Waals surface area contributed by atoms with Gasteiger partial charge in [0.05, 0.1) is 0 Å². The maximum atomic E-state index is 13.7. The molecule has 1 heterocycles. The molecule has 0 aliphatic heterocycles. The molecular weight excluding hydrogens is 293 g/mol. The van der Waals surface area contributed by atoms with Gasteiger partial charge in [0.15, 0.2) is 0 Å². The maximum Gasteiger partial charge on any atom is 0.223 e. The first-order valence-electron chi connectivity index (χ1n) is 8.43. The van der Waals surface area contributed by atoms with Crippen LogP contribution in [0, 0.1) is 11.7 Å². The maximum absolute atomic E-state index is 13.7. The number of nitrogens with two attached hydrogens (primary N) is 1. The van der Waals surface area contributed by atoms with Crippen molar-refractivity contribution in [3.8, 4) is 0 Å². The predicted molar refractivity (Wildman–Crippen MR) is 89.8 cm³/mol. The van der Waals surface area contributed by atoms with Gasteiger partial charge >= 0.3 is 0 Å². The number of aromatic nitrogens is 1. The molecule has 124 valence electrons. The van der Waals surface area contributed by atoms with Gasteiger partial charge < -0.3 is 15.6 Å². The van der Waals surface area contributed by atoms with E-state index in [0.29, 0.717) is 19.5 Å². The minimum atomic E-state index is -0.219. The topological polar surface area (TPSA) is 60.0 Å². The molecule has 2 aromatic rings. The van der Waals surface area contributed by atoms with Crippen LogP contribution in [0.4, 0.5) is 4.39 Å². The molecule has 23 heavy (non-hydrogen) atoms. The molecule has 1 unspecified atom stereocenters. The highest BCUT2D eigenvalue weighted by atomic mass is 19.1. The number of carbonyl (C=O) groups is 1. The van der Waals surface area contributed by atoms with Crippen molar-refractivity contribution < 1.29 is 9.18 Å². The van der Waals surface area contributed by atoms with Gasteiger partial charge in [0.2, 0.25) is 5.91 Å². The van der Waals surface area contributed by atoms with Crippen molar-refractivity contribution in [1.82, 2.24) is 9.88 Å². The molecule has 5 heteroatoms. The molecule has 3 rings (SSSR count). The normalized spacial score (nSPS) is 17.3. The van der Waals surface area contributed by atoms with E-state index in [2.05, 4.69) is 16.8 Å². The molecule has 1 aliphatic carbocycles. The van der Waals surface area contributed by atoms with E-state index in [-0.39, 0.29) is 17.6 Å². The number of amides is 1. The lowest BCUT2D eigenvalue weighted by atomic mass is 9.85. The summed E-state index contributed by atoms with van der Waals surface area (Å²) in [6, 6.07) is 4.99. The first kappa shape index (κ1) is 16.0. The van der Waals surface area contributed by atoms with E-state index < -0.39 is 0 Å². The Morgan fingerprint density at radius 3 is 3.04 bits per heavy atom. The third-order valence-corrected chi connectivity index (χ3v) is 4.69. The number of nitrogens with zero attached hydrogens (tertiary/aromatic N) is 1. The molecule has 4 nitrogen and oxygen atoms in total. The van der Waals surface area contributed by atoms with Crippen molar-refractivity contribution >= 4 is 16.8 Å². The SMILES string of the molecule is CCCn1c2c(c3cc(F)ccc31)CC(C(=O)NCCN)CC2. The molecule has 0 saturated carbocycles. The van der Waals surface area contributed by atoms with Gasteiger partial charge in [0.1, 0.15) is 5.82 Å².